The summed E-state index contributed by atoms with van der Waals surface area (Å²) in [6.45, 7) is 2.51. The zero-order valence-electron chi connectivity index (χ0n) is 11.1. The zero-order valence-corrected chi connectivity index (χ0v) is 12.6. The number of halogens is 2. The lowest BCUT2D eigenvalue weighted by atomic mass is 10.2. The summed E-state index contributed by atoms with van der Waals surface area (Å²) < 4.78 is 0. The summed E-state index contributed by atoms with van der Waals surface area (Å²) in [7, 11) is 0. The van der Waals surface area contributed by atoms with Gasteiger partial charge in [-0.3, -0.25) is 9.59 Å². The maximum Gasteiger partial charge on any atom is 0.244 e. The lowest BCUT2D eigenvalue weighted by Crippen LogP contribution is -2.36. The van der Waals surface area contributed by atoms with E-state index in [9.17, 15) is 9.59 Å². The molecule has 0 aliphatic heterocycles. The van der Waals surface area contributed by atoms with Crippen LogP contribution in [0.25, 0.3) is 6.08 Å². The average Bonchev–Trinajstić information content (AvgIpc) is 2.44. The Bertz CT molecular complexity index is 516. The van der Waals surface area contributed by atoms with Crippen molar-refractivity contribution in [1.82, 2.24) is 10.6 Å². The standard InChI is InChI=1S/C14H16Cl2N2O2/c1-2-8-17-13(20)9-18-12(19)7-6-10-4-3-5-11(15)14(10)16/h3-7H,2,8-9H2,1H3,(H,17,20)(H,18,19)/b7-6+. The summed E-state index contributed by atoms with van der Waals surface area (Å²) in [5, 5.41) is 5.96. The van der Waals surface area contributed by atoms with Crippen molar-refractivity contribution >= 4 is 41.1 Å². The van der Waals surface area contributed by atoms with Crippen molar-refractivity contribution in [3.05, 3.63) is 39.9 Å². The van der Waals surface area contributed by atoms with Crippen molar-refractivity contribution in [3.8, 4) is 0 Å². The molecule has 2 amide bonds. The molecule has 0 aromatic heterocycles. The maximum atomic E-state index is 11.5. The first-order valence-electron chi connectivity index (χ1n) is 6.21. The van der Waals surface area contributed by atoms with Crippen LogP contribution in [0.3, 0.4) is 0 Å². The molecule has 20 heavy (non-hydrogen) atoms. The predicted molar refractivity (Wildman–Crippen MR) is 81.8 cm³/mol. The molecule has 0 atom stereocenters. The third kappa shape index (κ3) is 5.63. The maximum absolute atomic E-state index is 11.5. The summed E-state index contributed by atoms with van der Waals surface area (Å²) >= 11 is 11.8. The predicted octanol–water partition coefficient (Wildman–Crippen LogP) is 2.65. The minimum Gasteiger partial charge on any atom is -0.355 e. The van der Waals surface area contributed by atoms with E-state index in [1.165, 1.54) is 6.08 Å². The highest BCUT2D eigenvalue weighted by Gasteiger charge is 2.03. The molecule has 1 aromatic rings. The van der Waals surface area contributed by atoms with Crippen LogP contribution in [-0.2, 0) is 9.59 Å². The smallest absolute Gasteiger partial charge is 0.244 e. The molecule has 0 heterocycles. The van der Waals surface area contributed by atoms with Crippen molar-refractivity contribution in [3.63, 3.8) is 0 Å². The number of carbonyl (C=O) groups excluding carboxylic acids is 2. The molecule has 1 aromatic carbocycles. The molecule has 0 radical (unpaired) electrons. The summed E-state index contributed by atoms with van der Waals surface area (Å²) in [5.74, 6) is -0.581. The quantitative estimate of drug-likeness (QED) is 0.793. The van der Waals surface area contributed by atoms with Crippen molar-refractivity contribution in [2.24, 2.45) is 0 Å². The Kier molecular flexibility index (Phi) is 7.12. The number of carbonyl (C=O) groups is 2. The fourth-order valence-electron chi connectivity index (χ4n) is 1.37. The lowest BCUT2D eigenvalue weighted by Gasteiger charge is -2.04. The topological polar surface area (TPSA) is 58.2 Å². The van der Waals surface area contributed by atoms with Crippen LogP contribution in [0.4, 0.5) is 0 Å². The first kappa shape index (κ1) is 16.5. The van der Waals surface area contributed by atoms with Gasteiger partial charge in [0.05, 0.1) is 16.6 Å². The zero-order chi connectivity index (χ0) is 15.0. The number of amides is 2. The molecule has 0 unspecified atom stereocenters. The van der Waals surface area contributed by atoms with E-state index < -0.39 is 0 Å². The minimum absolute atomic E-state index is 0.0492. The largest absolute Gasteiger partial charge is 0.355 e. The molecule has 1 rings (SSSR count). The first-order chi connectivity index (χ1) is 9.54. The van der Waals surface area contributed by atoms with Gasteiger partial charge in [-0.15, -0.1) is 0 Å². The Morgan fingerprint density at radius 2 is 2.00 bits per heavy atom. The van der Waals surface area contributed by atoms with Gasteiger partial charge in [0.25, 0.3) is 0 Å². The Balaban J connectivity index is 2.48. The molecule has 0 aliphatic rings. The monoisotopic (exact) mass is 314 g/mol. The van der Waals surface area contributed by atoms with Crippen LogP contribution >= 0.6 is 23.2 Å². The summed E-state index contributed by atoms with van der Waals surface area (Å²) in [4.78, 5) is 22.8. The number of hydrogen-bond acceptors (Lipinski definition) is 2. The van der Waals surface area contributed by atoms with E-state index in [0.717, 1.165) is 6.42 Å². The first-order valence-corrected chi connectivity index (χ1v) is 6.96. The van der Waals surface area contributed by atoms with Crippen LogP contribution in [0.15, 0.2) is 24.3 Å². The van der Waals surface area contributed by atoms with Gasteiger partial charge in [-0.25, -0.2) is 0 Å². The Morgan fingerprint density at radius 3 is 2.70 bits per heavy atom. The molecule has 0 saturated heterocycles. The molecule has 0 bridgehead atoms. The SMILES string of the molecule is CCCNC(=O)CNC(=O)/C=C/c1cccc(Cl)c1Cl. The van der Waals surface area contributed by atoms with Crippen LogP contribution < -0.4 is 10.6 Å². The second kappa shape index (κ2) is 8.61. The number of hydrogen-bond donors (Lipinski definition) is 2. The van der Waals surface area contributed by atoms with Gasteiger partial charge in [-0.05, 0) is 24.1 Å². The molecule has 6 heteroatoms. The van der Waals surface area contributed by atoms with E-state index in [1.807, 2.05) is 6.92 Å². The van der Waals surface area contributed by atoms with E-state index in [2.05, 4.69) is 10.6 Å². The summed E-state index contributed by atoms with van der Waals surface area (Å²) in [6.07, 6.45) is 3.71. The lowest BCUT2D eigenvalue weighted by molar-refractivity contribution is -0.123. The highest BCUT2D eigenvalue weighted by molar-refractivity contribution is 6.42. The van der Waals surface area contributed by atoms with Gasteiger partial charge in [0.2, 0.25) is 11.8 Å². The molecule has 0 saturated carbocycles. The van der Waals surface area contributed by atoms with Gasteiger partial charge in [-0.1, -0.05) is 42.3 Å². The minimum atomic E-state index is -0.368. The number of rotatable bonds is 6. The highest BCUT2D eigenvalue weighted by Crippen LogP contribution is 2.26. The fourth-order valence-corrected chi connectivity index (χ4v) is 1.74. The van der Waals surface area contributed by atoms with Crippen LogP contribution in [0.2, 0.25) is 10.0 Å². The number of nitrogens with one attached hydrogen (secondary N) is 2. The fraction of sp³-hybridized carbons (Fsp3) is 0.286. The Labute approximate surface area is 128 Å². The summed E-state index contributed by atoms with van der Waals surface area (Å²) in [5.41, 5.74) is 0.643. The van der Waals surface area contributed by atoms with Gasteiger partial charge in [-0.2, -0.15) is 0 Å². The van der Waals surface area contributed by atoms with Crippen molar-refractivity contribution in [2.75, 3.05) is 13.1 Å². The molecule has 4 nitrogen and oxygen atoms in total. The van der Waals surface area contributed by atoms with Crippen molar-refractivity contribution in [1.29, 1.82) is 0 Å². The third-order valence-electron chi connectivity index (χ3n) is 2.39. The van der Waals surface area contributed by atoms with Crippen molar-refractivity contribution < 1.29 is 9.59 Å². The van der Waals surface area contributed by atoms with E-state index in [-0.39, 0.29) is 18.4 Å². The molecular weight excluding hydrogens is 299 g/mol. The third-order valence-corrected chi connectivity index (χ3v) is 3.22. The molecule has 2 N–H and O–H groups in total. The van der Waals surface area contributed by atoms with Gasteiger partial charge in [0, 0.05) is 12.6 Å². The Hall–Kier alpha value is -1.52. The molecule has 0 aliphatic carbocycles. The average molecular weight is 315 g/mol. The second-order valence-electron chi connectivity index (χ2n) is 4.04. The van der Waals surface area contributed by atoms with Crippen LogP contribution in [0, 0.1) is 0 Å². The Morgan fingerprint density at radius 1 is 1.25 bits per heavy atom. The second-order valence-corrected chi connectivity index (χ2v) is 4.83. The van der Waals surface area contributed by atoms with Gasteiger partial charge >= 0.3 is 0 Å². The highest BCUT2D eigenvalue weighted by atomic mass is 35.5. The van der Waals surface area contributed by atoms with E-state index >= 15 is 0 Å². The van der Waals surface area contributed by atoms with E-state index in [0.29, 0.717) is 22.2 Å². The molecular formula is C14H16Cl2N2O2. The van der Waals surface area contributed by atoms with E-state index in [1.54, 1.807) is 24.3 Å². The normalized spacial score (nSPS) is 10.6. The van der Waals surface area contributed by atoms with Gasteiger partial charge in [0.1, 0.15) is 0 Å². The number of benzene rings is 1. The van der Waals surface area contributed by atoms with Gasteiger partial charge in [0.15, 0.2) is 0 Å². The van der Waals surface area contributed by atoms with Crippen LogP contribution in [-0.4, -0.2) is 24.9 Å². The molecule has 0 spiro atoms. The molecule has 0 fully saturated rings. The van der Waals surface area contributed by atoms with Crippen LogP contribution in [0.1, 0.15) is 18.9 Å². The van der Waals surface area contributed by atoms with Gasteiger partial charge < -0.3 is 10.6 Å². The molecule has 108 valence electrons. The summed E-state index contributed by atoms with van der Waals surface area (Å²) in [6, 6.07) is 5.15. The van der Waals surface area contributed by atoms with Crippen LogP contribution in [0.5, 0.6) is 0 Å². The van der Waals surface area contributed by atoms with Crippen molar-refractivity contribution in [2.45, 2.75) is 13.3 Å². The van der Waals surface area contributed by atoms with E-state index in [4.69, 9.17) is 23.2 Å².